The predicted molar refractivity (Wildman–Crippen MR) is 138 cm³/mol. The first-order valence-electron chi connectivity index (χ1n) is 11.3. The van der Waals surface area contributed by atoms with Gasteiger partial charge in [0.05, 0.1) is 16.7 Å². The van der Waals surface area contributed by atoms with Gasteiger partial charge in [0.25, 0.3) is 0 Å². The Morgan fingerprint density at radius 1 is 0.844 bits per heavy atom. The van der Waals surface area contributed by atoms with Crippen molar-refractivity contribution in [2.45, 2.75) is 19.8 Å². The standard InChI is InChI=1S/C30H26N2/c1-3-4-5-8-21-11-17-27-26(19-21)30-25-10-7-6-9-22(25)14-18-28(30)32(27)24-15-12-23(13-16-24)29-20-31(29)2/h3-12,14-15,17-20H,13,16H2,1-2H3/b4-3-,8-5-. The molecule has 0 radical (unpaired) electrons. The molecule has 156 valence electrons. The molecule has 3 aromatic carbocycles. The number of hydrogen-bond acceptors (Lipinski definition) is 1. The van der Waals surface area contributed by atoms with E-state index in [-0.39, 0.29) is 0 Å². The number of aromatic nitrogens is 1. The zero-order valence-electron chi connectivity index (χ0n) is 18.5. The van der Waals surface area contributed by atoms with Gasteiger partial charge in [0.15, 0.2) is 0 Å². The molecule has 0 amide bonds. The van der Waals surface area contributed by atoms with Gasteiger partial charge in [-0.2, -0.15) is 0 Å². The molecule has 32 heavy (non-hydrogen) atoms. The quantitative estimate of drug-likeness (QED) is 0.308. The summed E-state index contributed by atoms with van der Waals surface area (Å²) in [5.74, 6) is 0. The van der Waals surface area contributed by atoms with Crippen LogP contribution in [0, 0.1) is 0 Å². The molecule has 0 bridgehead atoms. The van der Waals surface area contributed by atoms with Gasteiger partial charge in [-0.3, -0.25) is 0 Å². The summed E-state index contributed by atoms with van der Waals surface area (Å²) < 4.78 is 2.48. The first-order chi connectivity index (χ1) is 15.7. The molecule has 0 saturated heterocycles. The normalized spacial score (nSPS) is 16.4. The maximum absolute atomic E-state index is 2.48. The molecule has 1 aliphatic carbocycles. The van der Waals surface area contributed by atoms with Crippen LogP contribution in [0.15, 0.2) is 102 Å². The Morgan fingerprint density at radius 2 is 1.69 bits per heavy atom. The van der Waals surface area contributed by atoms with Crippen molar-refractivity contribution in [3.05, 3.63) is 108 Å². The molecule has 2 nitrogen and oxygen atoms in total. The van der Waals surface area contributed by atoms with Crippen LogP contribution < -0.4 is 0 Å². The highest BCUT2D eigenvalue weighted by Gasteiger charge is 2.23. The van der Waals surface area contributed by atoms with Crippen molar-refractivity contribution in [3.63, 3.8) is 0 Å². The van der Waals surface area contributed by atoms with Crippen LogP contribution >= 0.6 is 0 Å². The summed E-state index contributed by atoms with van der Waals surface area (Å²) in [5.41, 5.74) is 7.99. The Labute approximate surface area is 188 Å². The Morgan fingerprint density at radius 3 is 2.47 bits per heavy atom. The Kier molecular flexibility index (Phi) is 4.39. The third kappa shape index (κ3) is 3.03. The SMILES string of the molecule is C/C=C\C=C/c1ccc2c(c1)c1c3ccccc3ccc1n2C1=CC=C(C2=CN2C)CC1. The third-order valence-electron chi connectivity index (χ3n) is 6.64. The van der Waals surface area contributed by atoms with E-state index in [0.29, 0.717) is 0 Å². The van der Waals surface area contributed by atoms with Crippen molar-refractivity contribution in [2.24, 2.45) is 0 Å². The summed E-state index contributed by atoms with van der Waals surface area (Å²) in [7, 11) is 2.12. The van der Waals surface area contributed by atoms with Crippen LogP contribution in [0.2, 0.25) is 0 Å². The fourth-order valence-corrected chi connectivity index (χ4v) is 4.99. The van der Waals surface area contributed by atoms with Crippen LogP contribution in [0.4, 0.5) is 0 Å². The Hall–Kier alpha value is -3.78. The maximum Gasteiger partial charge on any atom is 0.0601 e. The summed E-state index contributed by atoms with van der Waals surface area (Å²) in [6.07, 6.45) is 17.4. The fraction of sp³-hybridized carbons (Fsp3) is 0.133. The minimum atomic E-state index is 1.05. The Balaban J connectivity index is 1.61. The van der Waals surface area contributed by atoms with Gasteiger partial charge in [0.1, 0.15) is 0 Å². The second-order valence-electron chi connectivity index (χ2n) is 8.65. The topological polar surface area (TPSA) is 7.94 Å². The van der Waals surface area contributed by atoms with Gasteiger partial charge in [0, 0.05) is 29.7 Å². The van der Waals surface area contributed by atoms with Gasteiger partial charge in [0.2, 0.25) is 0 Å². The zero-order chi connectivity index (χ0) is 21.7. The van der Waals surface area contributed by atoms with Crippen LogP contribution in [-0.2, 0) is 0 Å². The average Bonchev–Trinajstić information content (AvgIpc) is 3.47. The average molecular weight is 415 g/mol. The van der Waals surface area contributed by atoms with Crippen molar-refractivity contribution in [2.75, 3.05) is 7.05 Å². The molecule has 0 unspecified atom stereocenters. The van der Waals surface area contributed by atoms with E-state index >= 15 is 0 Å². The molecule has 0 fully saturated rings. The molecular weight excluding hydrogens is 388 g/mol. The predicted octanol–water partition coefficient (Wildman–Crippen LogP) is 7.88. The van der Waals surface area contributed by atoms with Gasteiger partial charge in [-0.15, -0.1) is 0 Å². The van der Waals surface area contributed by atoms with E-state index in [0.717, 1.165) is 12.8 Å². The van der Waals surface area contributed by atoms with E-state index in [1.54, 1.807) is 0 Å². The lowest BCUT2D eigenvalue weighted by Gasteiger charge is -2.17. The van der Waals surface area contributed by atoms with Gasteiger partial charge >= 0.3 is 0 Å². The zero-order valence-corrected chi connectivity index (χ0v) is 18.5. The van der Waals surface area contributed by atoms with Crippen molar-refractivity contribution < 1.29 is 0 Å². The fourth-order valence-electron chi connectivity index (χ4n) is 4.99. The van der Waals surface area contributed by atoms with Crippen molar-refractivity contribution in [1.29, 1.82) is 0 Å². The minimum Gasteiger partial charge on any atom is -0.348 e. The second kappa shape index (κ2) is 7.42. The monoisotopic (exact) mass is 414 g/mol. The molecule has 0 atom stereocenters. The smallest absolute Gasteiger partial charge is 0.0601 e. The molecule has 0 N–H and O–H groups in total. The summed E-state index contributed by atoms with van der Waals surface area (Å²) in [6.45, 7) is 2.04. The lowest BCUT2D eigenvalue weighted by molar-refractivity contribution is 0.713. The van der Waals surface area contributed by atoms with E-state index in [1.165, 1.54) is 55.1 Å². The highest BCUT2D eigenvalue weighted by molar-refractivity contribution is 6.22. The van der Waals surface area contributed by atoms with E-state index < -0.39 is 0 Å². The molecule has 2 heteroatoms. The molecule has 0 saturated carbocycles. The van der Waals surface area contributed by atoms with E-state index in [2.05, 4.69) is 114 Å². The number of rotatable bonds is 4. The number of likely N-dealkylation sites (N-methyl/N-ethyl adjacent to an activating group) is 1. The van der Waals surface area contributed by atoms with Crippen LogP contribution in [0.5, 0.6) is 0 Å². The van der Waals surface area contributed by atoms with Crippen LogP contribution in [-0.4, -0.2) is 16.5 Å². The van der Waals surface area contributed by atoms with E-state index in [4.69, 9.17) is 0 Å². The van der Waals surface area contributed by atoms with Gasteiger partial charge in [-0.25, -0.2) is 0 Å². The largest absolute Gasteiger partial charge is 0.348 e. The molecule has 0 spiro atoms. The number of allylic oxidation sites excluding steroid dienone is 7. The van der Waals surface area contributed by atoms with Crippen molar-refractivity contribution >= 4 is 44.4 Å². The van der Waals surface area contributed by atoms with Crippen LogP contribution in [0.3, 0.4) is 0 Å². The molecule has 1 aliphatic heterocycles. The number of nitrogens with zero attached hydrogens (tertiary/aromatic N) is 2. The van der Waals surface area contributed by atoms with Crippen molar-refractivity contribution in [1.82, 2.24) is 9.47 Å². The van der Waals surface area contributed by atoms with Crippen LogP contribution in [0.1, 0.15) is 25.3 Å². The Bertz CT molecular complexity index is 1540. The molecular formula is C30H26N2. The summed E-state index contributed by atoms with van der Waals surface area (Å²) in [6, 6.07) is 20.2. The third-order valence-corrected chi connectivity index (χ3v) is 6.64. The lowest BCUT2D eigenvalue weighted by Crippen LogP contribution is -2.02. The molecule has 2 aliphatic rings. The first-order valence-corrected chi connectivity index (χ1v) is 11.3. The van der Waals surface area contributed by atoms with Crippen molar-refractivity contribution in [3.8, 4) is 0 Å². The summed E-state index contributed by atoms with van der Waals surface area (Å²) in [5, 5.41) is 5.28. The van der Waals surface area contributed by atoms with E-state index in [1.807, 2.05) is 6.92 Å². The number of benzene rings is 3. The highest BCUT2D eigenvalue weighted by Crippen LogP contribution is 2.40. The lowest BCUT2D eigenvalue weighted by atomic mass is 10.0. The molecule has 2 heterocycles. The van der Waals surface area contributed by atoms with Gasteiger partial charge < -0.3 is 9.47 Å². The maximum atomic E-state index is 2.48. The van der Waals surface area contributed by atoms with E-state index in [9.17, 15) is 0 Å². The number of fused-ring (bicyclic) bond motifs is 5. The summed E-state index contributed by atoms with van der Waals surface area (Å²) >= 11 is 0. The minimum absolute atomic E-state index is 1.05. The second-order valence-corrected chi connectivity index (χ2v) is 8.65. The van der Waals surface area contributed by atoms with Gasteiger partial charge in [-0.1, -0.05) is 66.8 Å². The summed E-state index contributed by atoms with van der Waals surface area (Å²) in [4.78, 5) is 2.21. The number of hydrogen-bond donors (Lipinski definition) is 0. The molecule has 6 rings (SSSR count). The molecule has 1 aromatic heterocycles. The van der Waals surface area contributed by atoms with Crippen LogP contribution in [0.25, 0.3) is 44.4 Å². The first kappa shape index (κ1) is 18.9. The molecule has 4 aromatic rings. The van der Waals surface area contributed by atoms with Gasteiger partial charge in [-0.05, 0) is 65.9 Å². The highest BCUT2D eigenvalue weighted by atomic mass is 15.2.